The van der Waals surface area contributed by atoms with Gasteiger partial charge >= 0.3 is 0 Å². The molecule has 0 bridgehead atoms. The largest absolute Gasteiger partial charge is 0.343 e. The van der Waals surface area contributed by atoms with Gasteiger partial charge in [-0.3, -0.25) is 9.59 Å². The first-order valence-corrected chi connectivity index (χ1v) is 4.97. The maximum atomic E-state index is 11.6. The molecule has 0 radical (unpaired) electrons. The fourth-order valence-electron chi connectivity index (χ4n) is 1.53. The molecule has 1 aliphatic heterocycles. The van der Waals surface area contributed by atoms with Gasteiger partial charge in [0, 0.05) is 0 Å². The molecule has 2 unspecified atom stereocenters. The van der Waals surface area contributed by atoms with E-state index in [0.717, 1.165) is 0 Å². The minimum atomic E-state index is -0.419. The highest BCUT2D eigenvalue weighted by Gasteiger charge is 2.39. The minimum absolute atomic E-state index is 0.0768. The van der Waals surface area contributed by atoms with Crippen LogP contribution in [0.4, 0.5) is 0 Å². The first kappa shape index (κ1) is 11.0. The molecule has 0 aromatic rings. The Kier molecular flexibility index (Phi) is 2.83. The van der Waals surface area contributed by atoms with Crippen LogP contribution >= 0.6 is 0 Å². The highest BCUT2D eigenvalue weighted by atomic mass is 16.2. The molecule has 0 spiro atoms. The van der Waals surface area contributed by atoms with Gasteiger partial charge in [-0.15, -0.1) is 0 Å². The van der Waals surface area contributed by atoms with Crippen molar-refractivity contribution in [2.75, 3.05) is 0 Å². The molecule has 2 atom stereocenters. The van der Waals surface area contributed by atoms with Crippen molar-refractivity contribution in [2.45, 2.75) is 46.2 Å². The summed E-state index contributed by atoms with van der Waals surface area (Å²) in [5.74, 6) is -0.157. The van der Waals surface area contributed by atoms with Crippen molar-refractivity contribution >= 4 is 11.8 Å². The molecule has 0 saturated carbocycles. The molecule has 2 amide bonds. The van der Waals surface area contributed by atoms with Gasteiger partial charge in [0.05, 0.1) is 0 Å². The predicted molar refractivity (Wildman–Crippen MR) is 53.6 cm³/mol. The van der Waals surface area contributed by atoms with Gasteiger partial charge in [-0.2, -0.15) is 0 Å². The fraction of sp³-hybridized carbons (Fsp3) is 0.800. The molecule has 1 fully saturated rings. The predicted octanol–water partition coefficient (Wildman–Crippen LogP) is 0.426. The van der Waals surface area contributed by atoms with E-state index in [-0.39, 0.29) is 23.3 Å². The van der Waals surface area contributed by atoms with Crippen molar-refractivity contribution < 1.29 is 9.59 Å². The third-order valence-corrected chi connectivity index (χ3v) is 2.46. The molecule has 0 aromatic carbocycles. The van der Waals surface area contributed by atoms with Crippen LogP contribution in [0.15, 0.2) is 0 Å². The van der Waals surface area contributed by atoms with Crippen LogP contribution in [0, 0.1) is 5.41 Å². The van der Waals surface area contributed by atoms with Crippen LogP contribution < -0.4 is 10.6 Å². The van der Waals surface area contributed by atoms with Gasteiger partial charge in [0.25, 0.3) is 0 Å². The van der Waals surface area contributed by atoms with E-state index in [1.54, 1.807) is 0 Å². The quantitative estimate of drug-likeness (QED) is 0.641. The minimum Gasteiger partial charge on any atom is -0.343 e. The number of hydrogen-bond acceptors (Lipinski definition) is 2. The average Bonchev–Trinajstić information content (AvgIpc) is 2.06. The molecule has 2 N–H and O–H groups in total. The molecule has 1 aliphatic rings. The summed E-state index contributed by atoms with van der Waals surface area (Å²) in [5.41, 5.74) is -0.238. The Labute approximate surface area is 84.4 Å². The molecule has 1 heterocycles. The summed E-state index contributed by atoms with van der Waals surface area (Å²) >= 11 is 0. The van der Waals surface area contributed by atoms with E-state index in [2.05, 4.69) is 10.6 Å². The van der Waals surface area contributed by atoms with Crippen LogP contribution in [0.25, 0.3) is 0 Å². The number of amides is 2. The van der Waals surface area contributed by atoms with Crippen molar-refractivity contribution in [3.63, 3.8) is 0 Å². The standard InChI is InChI=1S/C10H18N2O2/c1-5-6-8(13)12-7(9(14)11-6)10(2,3)4/h6-7H,5H2,1-4H3,(H,11,14)(H,12,13). The van der Waals surface area contributed by atoms with Crippen molar-refractivity contribution in [1.82, 2.24) is 10.6 Å². The summed E-state index contributed by atoms with van der Waals surface area (Å²) in [6.07, 6.45) is 0.633. The third-order valence-electron chi connectivity index (χ3n) is 2.46. The fourth-order valence-corrected chi connectivity index (χ4v) is 1.53. The summed E-state index contributed by atoms with van der Waals surface area (Å²) in [6, 6.07) is -0.779. The molecule has 1 saturated heterocycles. The monoisotopic (exact) mass is 198 g/mol. The summed E-state index contributed by atoms with van der Waals surface area (Å²) < 4.78 is 0. The van der Waals surface area contributed by atoms with Crippen molar-refractivity contribution in [1.29, 1.82) is 0 Å². The topological polar surface area (TPSA) is 58.2 Å². The maximum Gasteiger partial charge on any atom is 0.243 e. The smallest absolute Gasteiger partial charge is 0.243 e. The van der Waals surface area contributed by atoms with Crippen LogP contribution in [0.1, 0.15) is 34.1 Å². The van der Waals surface area contributed by atoms with Gasteiger partial charge in [-0.1, -0.05) is 27.7 Å². The zero-order chi connectivity index (χ0) is 10.9. The SMILES string of the molecule is CCC1NC(=O)C(C(C)(C)C)NC1=O. The number of carbonyl (C=O) groups excluding carboxylic acids is 2. The van der Waals surface area contributed by atoms with E-state index >= 15 is 0 Å². The zero-order valence-corrected chi connectivity index (χ0v) is 9.18. The molecule has 4 heteroatoms. The van der Waals surface area contributed by atoms with Gasteiger partial charge in [0.2, 0.25) is 11.8 Å². The lowest BCUT2D eigenvalue weighted by molar-refractivity contribution is -0.139. The van der Waals surface area contributed by atoms with Gasteiger partial charge in [0.15, 0.2) is 0 Å². The van der Waals surface area contributed by atoms with Crippen LogP contribution in [-0.4, -0.2) is 23.9 Å². The first-order valence-electron chi connectivity index (χ1n) is 4.97. The molecular weight excluding hydrogens is 180 g/mol. The Bertz CT molecular complexity index is 255. The average molecular weight is 198 g/mol. The van der Waals surface area contributed by atoms with Crippen molar-refractivity contribution in [3.8, 4) is 0 Å². The number of piperazine rings is 1. The van der Waals surface area contributed by atoms with Crippen LogP contribution in [0.5, 0.6) is 0 Å². The van der Waals surface area contributed by atoms with Crippen LogP contribution in [0.2, 0.25) is 0 Å². The number of nitrogens with one attached hydrogen (secondary N) is 2. The summed E-state index contributed by atoms with van der Waals surface area (Å²) in [6.45, 7) is 7.68. The highest BCUT2D eigenvalue weighted by molar-refractivity contribution is 5.97. The van der Waals surface area contributed by atoms with E-state index in [0.29, 0.717) is 6.42 Å². The normalized spacial score (nSPS) is 28.3. The van der Waals surface area contributed by atoms with E-state index in [9.17, 15) is 9.59 Å². The van der Waals surface area contributed by atoms with E-state index in [4.69, 9.17) is 0 Å². The second-order valence-corrected chi connectivity index (χ2v) is 4.78. The first-order chi connectivity index (χ1) is 6.36. The molecule has 0 aromatic heterocycles. The van der Waals surface area contributed by atoms with E-state index in [1.165, 1.54) is 0 Å². The molecule has 4 nitrogen and oxygen atoms in total. The lowest BCUT2D eigenvalue weighted by Gasteiger charge is -2.36. The molecule has 0 aliphatic carbocycles. The van der Waals surface area contributed by atoms with E-state index in [1.807, 2.05) is 27.7 Å². The highest BCUT2D eigenvalue weighted by Crippen LogP contribution is 2.21. The van der Waals surface area contributed by atoms with Crippen LogP contribution in [0.3, 0.4) is 0 Å². The Balaban J connectivity index is 2.77. The van der Waals surface area contributed by atoms with Crippen molar-refractivity contribution in [2.24, 2.45) is 5.41 Å². The summed E-state index contributed by atoms with van der Waals surface area (Å²) in [7, 11) is 0. The lowest BCUT2D eigenvalue weighted by atomic mass is 9.84. The summed E-state index contributed by atoms with van der Waals surface area (Å²) in [4.78, 5) is 23.1. The van der Waals surface area contributed by atoms with E-state index < -0.39 is 6.04 Å². The molecular formula is C10H18N2O2. The Morgan fingerprint density at radius 1 is 1.14 bits per heavy atom. The summed E-state index contributed by atoms with van der Waals surface area (Å²) in [5, 5.41) is 5.48. The van der Waals surface area contributed by atoms with Gasteiger partial charge in [-0.05, 0) is 11.8 Å². The molecule has 80 valence electrons. The van der Waals surface area contributed by atoms with Gasteiger partial charge in [-0.25, -0.2) is 0 Å². The Morgan fingerprint density at radius 3 is 2.14 bits per heavy atom. The second kappa shape index (κ2) is 3.59. The number of carbonyl (C=O) groups is 2. The third kappa shape index (κ3) is 2.05. The lowest BCUT2D eigenvalue weighted by Crippen LogP contribution is -2.65. The number of hydrogen-bond donors (Lipinski definition) is 2. The maximum absolute atomic E-state index is 11.6. The van der Waals surface area contributed by atoms with Gasteiger partial charge < -0.3 is 10.6 Å². The zero-order valence-electron chi connectivity index (χ0n) is 9.18. The Hall–Kier alpha value is -1.06. The second-order valence-electron chi connectivity index (χ2n) is 4.78. The van der Waals surface area contributed by atoms with Crippen LogP contribution in [-0.2, 0) is 9.59 Å². The van der Waals surface area contributed by atoms with Crippen molar-refractivity contribution in [3.05, 3.63) is 0 Å². The molecule has 14 heavy (non-hydrogen) atoms. The molecule has 1 rings (SSSR count). The Morgan fingerprint density at radius 2 is 1.71 bits per heavy atom. The number of rotatable bonds is 1. The van der Waals surface area contributed by atoms with Gasteiger partial charge in [0.1, 0.15) is 12.1 Å².